The van der Waals surface area contributed by atoms with Gasteiger partial charge in [-0.25, -0.2) is 0 Å². The van der Waals surface area contributed by atoms with Crippen molar-refractivity contribution in [1.82, 2.24) is 0 Å². The van der Waals surface area contributed by atoms with E-state index in [9.17, 15) is 0 Å². The number of rotatable bonds is 2. The highest BCUT2D eigenvalue weighted by Gasteiger charge is 2.18. The van der Waals surface area contributed by atoms with Crippen LogP contribution in [0.25, 0.3) is 21.5 Å². The molecular formula is C17H10Cl4. The monoisotopic (exact) mass is 354 g/mol. The lowest BCUT2D eigenvalue weighted by Crippen LogP contribution is -1.91. The molecule has 3 aromatic carbocycles. The van der Waals surface area contributed by atoms with Gasteiger partial charge in [-0.05, 0) is 28.8 Å². The van der Waals surface area contributed by atoms with Gasteiger partial charge >= 0.3 is 0 Å². The van der Waals surface area contributed by atoms with E-state index in [2.05, 4.69) is 12.6 Å². The van der Waals surface area contributed by atoms with Crippen LogP contribution in [0.4, 0.5) is 0 Å². The van der Waals surface area contributed by atoms with E-state index in [1.54, 1.807) is 0 Å². The zero-order valence-electron chi connectivity index (χ0n) is 10.9. The largest absolute Gasteiger partial charge is 0.103 e. The molecule has 106 valence electrons. The van der Waals surface area contributed by atoms with Gasteiger partial charge in [0.25, 0.3) is 0 Å². The van der Waals surface area contributed by atoms with Crippen LogP contribution in [0.15, 0.2) is 43.0 Å². The molecule has 0 radical (unpaired) electrons. The minimum Gasteiger partial charge on any atom is -0.103 e. The van der Waals surface area contributed by atoms with E-state index in [1.807, 2.05) is 30.3 Å². The highest BCUT2D eigenvalue weighted by molar-refractivity contribution is 6.55. The molecule has 0 bridgehead atoms. The maximum absolute atomic E-state index is 6.44. The number of hydrogen-bond acceptors (Lipinski definition) is 0. The number of allylic oxidation sites excluding steroid dienone is 1. The SMILES string of the molecule is C=CCc1c2ccccc2cc2c(Cl)c(Cl)c(Cl)c(Cl)c12. The molecule has 0 saturated carbocycles. The molecule has 0 nitrogen and oxygen atoms in total. The number of hydrogen-bond donors (Lipinski definition) is 0. The quantitative estimate of drug-likeness (QED) is 0.195. The van der Waals surface area contributed by atoms with Crippen LogP contribution in [-0.4, -0.2) is 0 Å². The van der Waals surface area contributed by atoms with Crippen LogP contribution >= 0.6 is 46.4 Å². The molecule has 0 atom stereocenters. The second-order valence-electron chi connectivity index (χ2n) is 4.75. The molecule has 21 heavy (non-hydrogen) atoms. The van der Waals surface area contributed by atoms with Gasteiger partial charge in [0.05, 0.1) is 20.1 Å². The summed E-state index contributed by atoms with van der Waals surface area (Å²) in [5.41, 5.74) is 1.06. The normalized spacial score (nSPS) is 11.2. The number of fused-ring (bicyclic) bond motifs is 2. The Morgan fingerprint density at radius 3 is 2.24 bits per heavy atom. The van der Waals surface area contributed by atoms with E-state index in [0.29, 0.717) is 16.5 Å². The van der Waals surface area contributed by atoms with Crippen molar-refractivity contribution in [3.8, 4) is 0 Å². The third kappa shape index (κ3) is 2.31. The van der Waals surface area contributed by atoms with Crippen molar-refractivity contribution in [3.63, 3.8) is 0 Å². The van der Waals surface area contributed by atoms with Crippen LogP contribution in [-0.2, 0) is 6.42 Å². The Morgan fingerprint density at radius 2 is 1.52 bits per heavy atom. The summed E-state index contributed by atoms with van der Waals surface area (Å²) in [6, 6.07) is 10.1. The predicted molar refractivity (Wildman–Crippen MR) is 95.4 cm³/mol. The topological polar surface area (TPSA) is 0 Å². The van der Waals surface area contributed by atoms with Gasteiger partial charge < -0.3 is 0 Å². The van der Waals surface area contributed by atoms with Gasteiger partial charge in [-0.1, -0.05) is 76.7 Å². The molecular weight excluding hydrogens is 346 g/mol. The van der Waals surface area contributed by atoms with E-state index in [0.717, 1.165) is 27.1 Å². The van der Waals surface area contributed by atoms with Crippen LogP contribution in [0.1, 0.15) is 5.56 Å². The van der Waals surface area contributed by atoms with E-state index in [4.69, 9.17) is 46.4 Å². The first-order valence-electron chi connectivity index (χ1n) is 6.33. The fraction of sp³-hybridized carbons (Fsp3) is 0.0588. The highest BCUT2D eigenvalue weighted by Crippen LogP contribution is 2.46. The average Bonchev–Trinajstić information content (AvgIpc) is 2.50. The summed E-state index contributed by atoms with van der Waals surface area (Å²) in [5, 5.41) is 5.29. The second-order valence-corrected chi connectivity index (χ2v) is 6.26. The first kappa shape index (κ1) is 15.0. The van der Waals surface area contributed by atoms with Gasteiger partial charge in [-0.15, -0.1) is 6.58 Å². The summed E-state index contributed by atoms with van der Waals surface area (Å²) in [6.45, 7) is 3.83. The van der Waals surface area contributed by atoms with Crippen molar-refractivity contribution < 1.29 is 0 Å². The molecule has 0 heterocycles. The van der Waals surface area contributed by atoms with Gasteiger partial charge in [-0.3, -0.25) is 0 Å². The lowest BCUT2D eigenvalue weighted by molar-refractivity contribution is 1.34. The maximum atomic E-state index is 6.44. The molecule has 0 spiro atoms. The van der Waals surface area contributed by atoms with E-state index in [-0.39, 0.29) is 10.0 Å². The molecule has 0 saturated heterocycles. The molecule has 0 N–H and O–H groups in total. The van der Waals surface area contributed by atoms with Crippen LogP contribution in [0.5, 0.6) is 0 Å². The maximum Gasteiger partial charge on any atom is 0.0800 e. The van der Waals surface area contributed by atoms with Gasteiger partial charge in [-0.2, -0.15) is 0 Å². The number of halogens is 4. The Balaban J connectivity index is 2.63. The molecule has 0 unspecified atom stereocenters. The lowest BCUT2D eigenvalue weighted by Gasteiger charge is -2.15. The summed E-state index contributed by atoms with van der Waals surface area (Å²) in [7, 11) is 0. The molecule has 0 aliphatic heterocycles. The fourth-order valence-electron chi connectivity index (χ4n) is 2.62. The molecule has 3 rings (SSSR count). The van der Waals surface area contributed by atoms with E-state index < -0.39 is 0 Å². The second kappa shape index (κ2) is 5.70. The zero-order chi connectivity index (χ0) is 15.1. The number of benzene rings is 3. The molecule has 0 aliphatic carbocycles. The third-order valence-electron chi connectivity index (χ3n) is 3.54. The van der Waals surface area contributed by atoms with Gasteiger partial charge in [0, 0.05) is 10.8 Å². The summed E-state index contributed by atoms with van der Waals surface area (Å²) in [4.78, 5) is 0. The van der Waals surface area contributed by atoms with E-state index >= 15 is 0 Å². The highest BCUT2D eigenvalue weighted by atomic mass is 35.5. The van der Waals surface area contributed by atoms with Crippen LogP contribution in [0.3, 0.4) is 0 Å². The van der Waals surface area contributed by atoms with Gasteiger partial charge in [0.1, 0.15) is 0 Å². The zero-order valence-corrected chi connectivity index (χ0v) is 13.9. The van der Waals surface area contributed by atoms with Crippen molar-refractivity contribution in [2.75, 3.05) is 0 Å². The first-order valence-corrected chi connectivity index (χ1v) is 7.84. The molecule has 0 aliphatic rings. The standard InChI is InChI=1S/C17H10Cl4/c1-2-5-11-10-7-4-3-6-9(10)8-12-13(11)15(19)17(21)16(20)14(12)18/h2-4,6-8H,1,5H2. The third-order valence-corrected chi connectivity index (χ3v) is 5.36. The minimum atomic E-state index is 0.288. The van der Waals surface area contributed by atoms with Crippen molar-refractivity contribution in [3.05, 3.63) is 68.6 Å². The molecule has 0 fully saturated rings. The molecule has 4 heteroatoms. The smallest absolute Gasteiger partial charge is 0.0800 e. The summed E-state index contributed by atoms with van der Waals surface area (Å²) in [6.07, 6.45) is 2.51. The van der Waals surface area contributed by atoms with Crippen molar-refractivity contribution >= 4 is 67.9 Å². The lowest BCUT2D eigenvalue weighted by atomic mass is 9.94. The molecule has 0 amide bonds. The summed E-state index contributed by atoms with van der Waals surface area (Å²) < 4.78 is 0. The van der Waals surface area contributed by atoms with E-state index in [1.165, 1.54) is 0 Å². The van der Waals surface area contributed by atoms with Crippen LogP contribution < -0.4 is 0 Å². The van der Waals surface area contributed by atoms with Crippen molar-refractivity contribution in [1.29, 1.82) is 0 Å². The summed E-state index contributed by atoms with van der Waals surface area (Å²) >= 11 is 25.2. The minimum absolute atomic E-state index is 0.288. The van der Waals surface area contributed by atoms with Crippen molar-refractivity contribution in [2.24, 2.45) is 0 Å². The fourth-order valence-corrected chi connectivity index (χ4v) is 3.66. The van der Waals surface area contributed by atoms with Crippen LogP contribution in [0, 0.1) is 0 Å². The average molecular weight is 356 g/mol. The van der Waals surface area contributed by atoms with Crippen LogP contribution in [0.2, 0.25) is 20.1 Å². The Kier molecular flexibility index (Phi) is 4.07. The molecule has 3 aromatic rings. The summed E-state index contributed by atoms with van der Waals surface area (Å²) in [5.74, 6) is 0. The first-order chi connectivity index (χ1) is 10.1. The Labute approximate surface area is 142 Å². The van der Waals surface area contributed by atoms with Gasteiger partial charge in [0.15, 0.2) is 0 Å². The Hall–Kier alpha value is -0.920. The molecule has 0 aromatic heterocycles. The predicted octanol–water partition coefficient (Wildman–Crippen LogP) is 7.34. The Bertz CT molecular complexity index is 881. The van der Waals surface area contributed by atoms with Gasteiger partial charge in [0.2, 0.25) is 0 Å². The van der Waals surface area contributed by atoms with Crippen molar-refractivity contribution in [2.45, 2.75) is 6.42 Å². The Morgan fingerprint density at radius 1 is 0.857 bits per heavy atom.